The van der Waals surface area contributed by atoms with Gasteiger partial charge in [-0.15, -0.1) is 11.3 Å². The van der Waals surface area contributed by atoms with E-state index in [9.17, 15) is 18.0 Å². The Morgan fingerprint density at radius 2 is 1.82 bits per heavy atom. The maximum atomic E-state index is 13.1. The smallest absolute Gasteiger partial charge is 0.291 e. The van der Waals surface area contributed by atoms with Crippen molar-refractivity contribution in [2.24, 2.45) is 0 Å². The van der Waals surface area contributed by atoms with Crippen LogP contribution < -0.4 is 10.2 Å². The van der Waals surface area contributed by atoms with Crippen molar-refractivity contribution in [2.75, 3.05) is 29.9 Å². The largest absolute Gasteiger partial charge is 0.459 e. The summed E-state index contributed by atoms with van der Waals surface area (Å²) in [5.74, 6) is -0.362. The van der Waals surface area contributed by atoms with Crippen LogP contribution in [0.3, 0.4) is 0 Å². The van der Waals surface area contributed by atoms with E-state index in [0.717, 1.165) is 30.5 Å². The molecule has 10 heteroatoms. The molecule has 2 aromatic heterocycles. The summed E-state index contributed by atoms with van der Waals surface area (Å²) in [7, 11) is -3.52. The minimum absolute atomic E-state index is 0.177. The van der Waals surface area contributed by atoms with Gasteiger partial charge in [0.2, 0.25) is 10.0 Å². The van der Waals surface area contributed by atoms with E-state index >= 15 is 0 Å². The number of fused-ring (bicyclic) bond motifs is 1. The highest BCUT2D eigenvalue weighted by Crippen LogP contribution is 2.34. The molecule has 0 saturated carbocycles. The molecule has 8 nitrogen and oxygen atoms in total. The summed E-state index contributed by atoms with van der Waals surface area (Å²) in [6.45, 7) is 1.59. The molecule has 1 saturated heterocycles. The van der Waals surface area contributed by atoms with Gasteiger partial charge in [0.05, 0.1) is 21.0 Å². The zero-order valence-electron chi connectivity index (χ0n) is 17.8. The van der Waals surface area contributed by atoms with Crippen molar-refractivity contribution >= 4 is 43.9 Å². The summed E-state index contributed by atoms with van der Waals surface area (Å²) < 4.78 is 32.7. The number of amides is 2. The van der Waals surface area contributed by atoms with Gasteiger partial charge in [0.15, 0.2) is 5.76 Å². The van der Waals surface area contributed by atoms with E-state index in [2.05, 4.69) is 5.32 Å². The zero-order valence-corrected chi connectivity index (χ0v) is 19.5. The van der Waals surface area contributed by atoms with Gasteiger partial charge in [0, 0.05) is 25.3 Å². The summed E-state index contributed by atoms with van der Waals surface area (Å²) >= 11 is 1.19. The average Bonchev–Trinajstić information content (AvgIpc) is 3.59. The Morgan fingerprint density at radius 3 is 2.58 bits per heavy atom. The van der Waals surface area contributed by atoms with E-state index in [4.69, 9.17) is 4.42 Å². The van der Waals surface area contributed by atoms with E-state index in [-0.39, 0.29) is 22.5 Å². The lowest BCUT2D eigenvalue weighted by Gasteiger charge is -2.26. The first-order chi connectivity index (χ1) is 15.9. The summed E-state index contributed by atoms with van der Waals surface area (Å²) in [5, 5.41) is 3.27. The topological polar surface area (TPSA) is 99.9 Å². The summed E-state index contributed by atoms with van der Waals surface area (Å²) in [6, 6.07) is 11.6. The fourth-order valence-corrected chi connectivity index (χ4v) is 6.66. The number of nitrogens with zero attached hydrogens (tertiary/aromatic N) is 2. The second-order valence-corrected chi connectivity index (χ2v) is 11.1. The third-order valence-electron chi connectivity index (χ3n) is 5.94. The maximum absolute atomic E-state index is 13.1. The lowest BCUT2D eigenvalue weighted by Crippen LogP contribution is -2.35. The minimum atomic E-state index is -3.52. The van der Waals surface area contributed by atoms with E-state index in [1.54, 1.807) is 51.7 Å². The Morgan fingerprint density at radius 1 is 1.00 bits per heavy atom. The Balaban J connectivity index is 1.32. The molecule has 2 aliphatic heterocycles. The van der Waals surface area contributed by atoms with Crippen molar-refractivity contribution in [3.05, 3.63) is 64.9 Å². The van der Waals surface area contributed by atoms with E-state index < -0.39 is 10.0 Å². The average molecular weight is 486 g/mol. The number of rotatable bonds is 5. The number of thiophene rings is 1. The number of piperidine rings is 1. The number of carbonyl (C=O) groups is 2. The van der Waals surface area contributed by atoms with Crippen LogP contribution in [0.5, 0.6) is 0 Å². The first kappa shape index (κ1) is 21.9. The first-order valence-corrected chi connectivity index (χ1v) is 13.1. The molecule has 0 radical (unpaired) electrons. The molecular weight excluding hydrogens is 462 g/mol. The van der Waals surface area contributed by atoms with Crippen molar-refractivity contribution in [2.45, 2.75) is 30.6 Å². The monoisotopic (exact) mass is 485 g/mol. The van der Waals surface area contributed by atoms with Gasteiger partial charge in [-0.3, -0.25) is 9.59 Å². The maximum Gasteiger partial charge on any atom is 0.291 e. The molecule has 2 amide bonds. The number of hydrogen-bond donors (Lipinski definition) is 1. The number of carbonyl (C=O) groups excluding carboxylic acids is 2. The fourth-order valence-electron chi connectivity index (χ4n) is 4.24. The van der Waals surface area contributed by atoms with E-state index in [1.165, 1.54) is 17.6 Å². The number of anilines is 2. The molecule has 3 aromatic rings. The molecule has 0 aliphatic carbocycles. The van der Waals surface area contributed by atoms with Gasteiger partial charge in [-0.05, 0) is 67.3 Å². The van der Waals surface area contributed by atoms with Crippen LogP contribution in [0.25, 0.3) is 0 Å². The molecule has 4 heterocycles. The van der Waals surface area contributed by atoms with E-state index in [1.807, 2.05) is 0 Å². The highest BCUT2D eigenvalue weighted by atomic mass is 32.2. The van der Waals surface area contributed by atoms with Crippen LogP contribution >= 0.6 is 11.3 Å². The molecule has 33 heavy (non-hydrogen) atoms. The van der Waals surface area contributed by atoms with Gasteiger partial charge in [-0.2, -0.15) is 4.31 Å². The van der Waals surface area contributed by atoms with Crippen LogP contribution in [0.4, 0.5) is 10.7 Å². The normalized spacial score (nSPS) is 16.5. The van der Waals surface area contributed by atoms with Crippen LogP contribution in [0.1, 0.15) is 45.1 Å². The van der Waals surface area contributed by atoms with Crippen molar-refractivity contribution in [1.29, 1.82) is 0 Å². The van der Waals surface area contributed by atoms with Crippen LogP contribution in [0.15, 0.2) is 58.0 Å². The van der Waals surface area contributed by atoms with E-state index in [0.29, 0.717) is 35.9 Å². The van der Waals surface area contributed by atoms with Crippen LogP contribution in [-0.4, -0.2) is 44.2 Å². The highest BCUT2D eigenvalue weighted by molar-refractivity contribution is 7.89. The second kappa shape index (κ2) is 8.77. The molecule has 1 N–H and O–H groups in total. The van der Waals surface area contributed by atoms with Crippen molar-refractivity contribution in [3.63, 3.8) is 0 Å². The summed E-state index contributed by atoms with van der Waals surface area (Å²) in [4.78, 5) is 27.7. The van der Waals surface area contributed by atoms with Crippen LogP contribution in [-0.2, 0) is 16.4 Å². The van der Waals surface area contributed by atoms with Gasteiger partial charge in [0.25, 0.3) is 11.8 Å². The molecule has 5 rings (SSSR count). The quantitative estimate of drug-likeness (QED) is 0.589. The Hall–Kier alpha value is -2.95. The van der Waals surface area contributed by atoms with Gasteiger partial charge in [-0.25, -0.2) is 8.42 Å². The van der Waals surface area contributed by atoms with Gasteiger partial charge in [-0.1, -0.05) is 6.42 Å². The highest BCUT2D eigenvalue weighted by Gasteiger charge is 2.31. The predicted octanol–water partition coefficient (Wildman–Crippen LogP) is 3.97. The molecule has 1 aromatic carbocycles. The van der Waals surface area contributed by atoms with Gasteiger partial charge >= 0.3 is 0 Å². The third kappa shape index (κ3) is 4.21. The SMILES string of the molecule is O=C(Nc1ccc(C(=O)N2CCc3cc(S(=O)(=O)N4CCCCC4)ccc32)s1)c1ccco1. The number of nitrogens with one attached hydrogen (secondary N) is 1. The number of hydrogen-bond acceptors (Lipinski definition) is 6. The van der Waals surface area contributed by atoms with Crippen LogP contribution in [0.2, 0.25) is 0 Å². The second-order valence-electron chi connectivity index (χ2n) is 8.06. The predicted molar refractivity (Wildman–Crippen MR) is 125 cm³/mol. The molecule has 2 aliphatic rings. The molecule has 0 atom stereocenters. The third-order valence-corrected chi connectivity index (χ3v) is 8.83. The van der Waals surface area contributed by atoms with Crippen molar-refractivity contribution < 1.29 is 22.4 Å². The lowest BCUT2D eigenvalue weighted by molar-refractivity contribution is 0.0987. The first-order valence-electron chi connectivity index (χ1n) is 10.8. The molecule has 0 unspecified atom stereocenters. The number of sulfonamides is 1. The van der Waals surface area contributed by atoms with Gasteiger partial charge in [0.1, 0.15) is 0 Å². The summed E-state index contributed by atoms with van der Waals surface area (Å²) in [6.07, 6.45) is 4.85. The molecule has 172 valence electrons. The Bertz CT molecular complexity index is 1290. The van der Waals surface area contributed by atoms with Gasteiger partial charge < -0.3 is 14.6 Å². The molecule has 0 spiro atoms. The fraction of sp³-hybridized carbons (Fsp3) is 0.304. The zero-order chi connectivity index (χ0) is 23.0. The number of benzene rings is 1. The lowest BCUT2D eigenvalue weighted by atomic mass is 10.2. The molecule has 0 bridgehead atoms. The Kier molecular flexibility index (Phi) is 5.81. The Labute approximate surface area is 195 Å². The van der Waals surface area contributed by atoms with Crippen LogP contribution in [0, 0.1) is 0 Å². The summed E-state index contributed by atoms with van der Waals surface area (Å²) in [5.41, 5.74) is 1.58. The van der Waals surface area contributed by atoms with Crippen molar-refractivity contribution in [1.82, 2.24) is 4.31 Å². The number of furan rings is 1. The van der Waals surface area contributed by atoms with Crippen molar-refractivity contribution in [3.8, 4) is 0 Å². The standard InChI is InChI=1S/C23H23N3O5S2/c27-22(19-5-4-14-31-19)24-21-9-8-20(32-21)23(28)26-13-10-16-15-17(6-7-18(16)26)33(29,30)25-11-2-1-3-12-25/h4-9,14-15H,1-3,10-13H2,(H,24,27). The minimum Gasteiger partial charge on any atom is -0.459 e. The molecule has 1 fully saturated rings. The molecular formula is C23H23N3O5S2.